The normalized spacial score (nSPS) is 21.3. The number of aliphatic hydroxyl groups is 1. The molecule has 7 heteroatoms. The lowest BCUT2D eigenvalue weighted by Crippen LogP contribution is -2.63. The first-order chi connectivity index (χ1) is 24.2. The highest BCUT2D eigenvalue weighted by Crippen LogP contribution is 2.32. The lowest BCUT2D eigenvalue weighted by Gasteiger charge is -2.46. The van der Waals surface area contributed by atoms with Gasteiger partial charge in [-0.15, -0.1) is 0 Å². The number of hydrogen-bond acceptors (Lipinski definition) is 7. The van der Waals surface area contributed by atoms with Gasteiger partial charge in [0.15, 0.2) is 6.29 Å². The highest BCUT2D eigenvalue weighted by atomic mass is 16.7. The van der Waals surface area contributed by atoms with Crippen LogP contribution in [0.4, 0.5) is 0 Å². The summed E-state index contributed by atoms with van der Waals surface area (Å²) in [5.74, 6) is 0. The maximum atomic E-state index is 11.6. The minimum absolute atomic E-state index is 0.200. The number of rotatable bonds is 17. The smallest absolute Gasteiger partial charge is 0.184 e. The lowest BCUT2D eigenvalue weighted by atomic mass is 9.94. The predicted octanol–water partition coefficient (Wildman–Crippen LogP) is 7.26. The van der Waals surface area contributed by atoms with Crippen LogP contribution in [0.3, 0.4) is 0 Å². The summed E-state index contributed by atoms with van der Waals surface area (Å²) in [5, 5.41) is 11.6. The van der Waals surface area contributed by atoms with Crippen LogP contribution in [-0.4, -0.2) is 48.5 Å². The van der Waals surface area contributed by atoms with Crippen LogP contribution in [0.1, 0.15) is 27.8 Å². The maximum absolute atomic E-state index is 11.6. The zero-order chi connectivity index (χ0) is 33.5. The first kappa shape index (κ1) is 34.7. The Morgan fingerprint density at radius 3 is 1.27 bits per heavy atom. The van der Waals surface area contributed by atoms with Gasteiger partial charge in [-0.3, -0.25) is 0 Å². The molecule has 7 nitrogen and oxygen atoms in total. The molecule has 0 radical (unpaired) electrons. The van der Waals surface area contributed by atoms with Crippen molar-refractivity contribution < 1.29 is 33.5 Å². The second-order valence-electron chi connectivity index (χ2n) is 12.1. The fourth-order valence-electron chi connectivity index (χ4n) is 5.89. The summed E-state index contributed by atoms with van der Waals surface area (Å²) >= 11 is 0. The Morgan fingerprint density at radius 2 is 0.816 bits per heavy atom. The van der Waals surface area contributed by atoms with E-state index in [1.807, 2.05) is 152 Å². The molecule has 0 bridgehead atoms. The van der Waals surface area contributed by atoms with Crippen molar-refractivity contribution in [1.82, 2.24) is 0 Å². The molecule has 6 atom stereocenters. The van der Waals surface area contributed by atoms with Crippen molar-refractivity contribution in [3.8, 4) is 0 Å². The van der Waals surface area contributed by atoms with E-state index >= 15 is 0 Å². The van der Waals surface area contributed by atoms with E-state index in [0.29, 0.717) is 26.4 Å². The van der Waals surface area contributed by atoms with E-state index in [1.165, 1.54) is 0 Å². The quantitative estimate of drug-likeness (QED) is 0.113. The van der Waals surface area contributed by atoms with Crippen molar-refractivity contribution in [2.75, 3.05) is 6.61 Å². The van der Waals surface area contributed by atoms with Gasteiger partial charge in [0, 0.05) is 0 Å². The first-order valence-corrected chi connectivity index (χ1v) is 16.8. The van der Waals surface area contributed by atoms with Crippen molar-refractivity contribution >= 4 is 0 Å². The molecule has 1 N–H and O–H groups in total. The Balaban J connectivity index is 1.30. The summed E-state index contributed by atoms with van der Waals surface area (Å²) < 4.78 is 39.1. The van der Waals surface area contributed by atoms with Gasteiger partial charge in [-0.25, -0.2) is 0 Å². The molecule has 6 rings (SSSR count). The van der Waals surface area contributed by atoms with Crippen LogP contribution in [0.5, 0.6) is 0 Å². The summed E-state index contributed by atoms with van der Waals surface area (Å²) in [6.45, 7) is 1.78. The van der Waals surface area contributed by atoms with Crippen LogP contribution in [-0.2, 0) is 61.5 Å². The van der Waals surface area contributed by atoms with E-state index in [9.17, 15) is 5.11 Å². The molecule has 1 aliphatic heterocycles. The third-order valence-electron chi connectivity index (χ3n) is 8.47. The summed E-state index contributed by atoms with van der Waals surface area (Å²) in [7, 11) is 0. The first-order valence-electron chi connectivity index (χ1n) is 16.8. The molecule has 5 aromatic rings. The molecule has 49 heavy (non-hydrogen) atoms. The largest absolute Gasteiger partial charge is 0.374 e. The van der Waals surface area contributed by atoms with Gasteiger partial charge >= 0.3 is 0 Å². The highest BCUT2D eigenvalue weighted by Gasteiger charge is 2.51. The van der Waals surface area contributed by atoms with E-state index in [4.69, 9.17) is 28.4 Å². The predicted molar refractivity (Wildman–Crippen MR) is 187 cm³/mol. The van der Waals surface area contributed by atoms with Gasteiger partial charge in [-0.05, 0) is 27.8 Å². The van der Waals surface area contributed by atoms with Crippen molar-refractivity contribution in [2.45, 2.75) is 69.8 Å². The topological polar surface area (TPSA) is 75.6 Å². The number of aliphatic hydroxyl groups excluding tert-OH is 1. The van der Waals surface area contributed by atoms with Gasteiger partial charge in [0.05, 0.1) is 39.6 Å². The van der Waals surface area contributed by atoms with Gasteiger partial charge in [0.25, 0.3) is 0 Å². The van der Waals surface area contributed by atoms with E-state index in [2.05, 4.69) is 0 Å². The summed E-state index contributed by atoms with van der Waals surface area (Å²) in [5.41, 5.74) is 5.02. The van der Waals surface area contributed by atoms with Gasteiger partial charge in [-0.1, -0.05) is 152 Å². The third kappa shape index (κ3) is 10.4. The van der Waals surface area contributed by atoms with E-state index in [-0.39, 0.29) is 13.2 Å². The fourth-order valence-corrected chi connectivity index (χ4v) is 5.89. The molecule has 0 saturated carbocycles. The molecule has 0 spiro atoms. The Morgan fingerprint density at radius 1 is 0.449 bits per heavy atom. The van der Waals surface area contributed by atoms with E-state index in [1.54, 1.807) is 0 Å². The average Bonchev–Trinajstić information content (AvgIpc) is 3.16. The lowest BCUT2D eigenvalue weighted by molar-refractivity contribution is -0.329. The van der Waals surface area contributed by atoms with E-state index < -0.39 is 36.8 Å². The highest BCUT2D eigenvalue weighted by molar-refractivity contribution is 5.17. The minimum Gasteiger partial charge on any atom is -0.374 e. The number of hydrogen-bond donors (Lipinski definition) is 1. The van der Waals surface area contributed by atoms with Crippen molar-refractivity contribution in [2.24, 2.45) is 0 Å². The van der Waals surface area contributed by atoms with Gasteiger partial charge in [-0.2, -0.15) is 0 Å². The Labute approximate surface area is 289 Å². The summed E-state index contributed by atoms with van der Waals surface area (Å²) in [4.78, 5) is 0. The fraction of sp³-hybridized carbons (Fsp3) is 0.286. The molecule has 0 aliphatic carbocycles. The van der Waals surface area contributed by atoms with Crippen molar-refractivity contribution in [3.05, 3.63) is 179 Å². The molecule has 5 aromatic carbocycles. The number of ether oxygens (including phenoxy) is 6. The molecule has 0 unspecified atom stereocenters. The molecular weight excluding hydrogens is 616 g/mol. The molecule has 1 fully saturated rings. The van der Waals surface area contributed by atoms with Crippen molar-refractivity contribution in [1.29, 1.82) is 0 Å². The summed E-state index contributed by atoms with van der Waals surface area (Å²) in [6, 6.07) is 49.7. The average molecular weight is 661 g/mol. The second kappa shape index (κ2) is 18.5. The van der Waals surface area contributed by atoms with Crippen LogP contribution in [0.15, 0.2) is 152 Å². The summed E-state index contributed by atoms with van der Waals surface area (Å²) in [6.07, 6.45) is -4.93. The maximum Gasteiger partial charge on any atom is 0.184 e. The monoisotopic (exact) mass is 660 g/mol. The second-order valence-corrected chi connectivity index (χ2v) is 12.1. The molecule has 0 aromatic heterocycles. The van der Waals surface area contributed by atoms with Crippen LogP contribution in [0.2, 0.25) is 0 Å². The molecule has 1 heterocycles. The van der Waals surface area contributed by atoms with Gasteiger partial charge < -0.3 is 33.5 Å². The van der Waals surface area contributed by atoms with Crippen LogP contribution >= 0.6 is 0 Å². The molecule has 1 aliphatic rings. The Bertz CT molecular complexity index is 1610. The van der Waals surface area contributed by atoms with Crippen molar-refractivity contribution in [3.63, 3.8) is 0 Å². The van der Waals surface area contributed by atoms with Gasteiger partial charge in [0.1, 0.15) is 30.5 Å². The molecule has 254 valence electrons. The van der Waals surface area contributed by atoms with E-state index in [0.717, 1.165) is 27.8 Å². The zero-order valence-corrected chi connectivity index (χ0v) is 27.5. The minimum atomic E-state index is -1.32. The molecular formula is C42H44O7. The number of benzene rings is 5. The van der Waals surface area contributed by atoms with Gasteiger partial charge in [0.2, 0.25) is 0 Å². The third-order valence-corrected chi connectivity index (χ3v) is 8.47. The molecule has 0 amide bonds. The zero-order valence-electron chi connectivity index (χ0n) is 27.5. The Hall–Kier alpha value is -4.18. The Kier molecular flexibility index (Phi) is 13.1. The van der Waals surface area contributed by atoms with Crippen LogP contribution in [0.25, 0.3) is 0 Å². The standard InChI is InChI=1S/C42H44O7/c43-42-41(48-30-36-24-14-5-15-25-36)40(47-29-35-22-12-4-13-23-35)39(46-28-34-20-10-3-11-21-34)38(49-42)37(45-27-33-18-8-2-9-19-33)31-44-26-32-16-6-1-7-17-32/h1-25,37-43H,26-31H2/t37-,38+,39+,40-,41-,42-/m0/s1. The van der Waals surface area contributed by atoms with Crippen LogP contribution < -0.4 is 0 Å². The van der Waals surface area contributed by atoms with Crippen LogP contribution in [0, 0.1) is 0 Å². The SMILES string of the molecule is O[C@H]1O[C@H]([C@H](COCc2ccccc2)OCc2ccccc2)[C@@H](OCc2ccccc2)[C@H](OCc2ccccc2)[C@@H]1OCc1ccccc1. The molecule has 1 saturated heterocycles.